The lowest BCUT2D eigenvalue weighted by atomic mass is 10.3. The SMILES string of the molecule is C[C@@H](C(=O)Nc1nncs1)N(C)CCSc1ccccc1. The van der Waals surface area contributed by atoms with Crippen LogP contribution in [0.1, 0.15) is 6.92 Å². The molecule has 0 unspecified atom stereocenters. The van der Waals surface area contributed by atoms with E-state index in [4.69, 9.17) is 0 Å². The number of hydrogen-bond acceptors (Lipinski definition) is 6. The van der Waals surface area contributed by atoms with Gasteiger partial charge in [0, 0.05) is 17.2 Å². The summed E-state index contributed by atoms with van der Waals surface area (Å²) in [6.07, 6.45) is 0. The van der Waals surface area contributed by atoms with Gasteiger partial charge in [-0.15, -0.1) is 22.0 Å². The van der Waals surface area contributed by atoms with E-state index in [0.29, 0.717) is 5.13 Å². The van der Waals surface area contributed by atoms with Crippen molar-refractivity contribution < 1.29 is 4.79 Å². The van der Waals surface area contributed by atoms with Crippen molar-refractivity contribution in [2.45, 2.75) is 17.9 Å². The fourth-order valence-electron chi connectivity index (χ4n) is 1.66. The maximum atomic E-state index is 12.1. The number of likely N-dealkylation sites (N-methyl/N-ethyl adjacent to an activating group) is 1. The molecule has 0 aliphatic carbocycles. The molecule has 112 valence electrons. The van der Waals surface area contributed by atoms with Crippen molar-refractivity contribution in [3.63, 3.8) is 0 Å². The normalized spacial score (nSPS) is 12.3. The van der Waals surface area contributed by atoms with E-state index < -0.39 is 0 Å². The summed E-state index contributed by atoms with van der Waals surface area (Å²) in [5.41, 5.74) is 1.60. The van der Waals surface area contributed by atoms with Crippen LogP contribution in [0.15, 0.2) is 40.7 Å². The molecule has 5 nitrogen and oxygen atoms in total. The summed E-state index contributed by atoms with van der Waals surface area (Å²) >= 11 is 3.11. The topological polar surface area (TPSA) is 58.1 Å². The van der Waals surface area contributed by atoms with E-state index in [1.165, 1.54) is 16.2 Å². The number of anilines is 1. The third kappa shape index (κ3) is 5.11. The first-order chi connectivity index (χ1) is 10.2. The van der Waals surface area contributed by atoms with Crippen LogP contribution >= 0.6 is 23.1 Å². The summed E-state index contributed by atoms with van der Waals surface area (Å²) in [6.45, 7) is 2.73. The molecule has 1 heterocycles. The highest BCUT2D eigenvalue weighted by Gasteiger charge is 2.18. The van der Waals surface area contributed by atoms with Crippen LogP contribution in [0.3, 0.4) is 0 Å². The zero-order valence-corrected chi connectivity index (χ0v) is 13.7. The van der Waals surface area contributed by atoms with Gasteiger partial charge in [-0.25, -0.2) is 0 Å². The predicted octanol–water partition coefficient (Wildman–Crippen LogP) is 2.59. The minimum atomic E-state index is -0.203. The van der Waals surface area contributed by atoms with Gasteiger partial charge in [-0.05, 0) is 26.1 Å². The molecule has 7 heteroatoms. The second-order valence-corrected chi connectivity index (χ2v) is 6.55. The number of nitrogens with zero attached hydrogens (tertiary/aromatic N) is 3. The minimum Gasteiger partial charge on any atom is -0.299 e. The van der Waals surface area contributed by atoms with E-state index in [1.54, 1.807) is 17.3 Å². The van der Waals surface area contributed by atoms with Gasteiger partial charge in [0.25, 0.3) is 0 Å². The lowest BCUT2D eigenvalue weighted by Gasteiger charge is -2.23. The highest BCUT2D eigenvalue weighted by molar-refractivity contribution is 7.99. The molecule has 1 aromatic carbocycles. The van der Waals surface area contributed by atoms with Crippen LogP contribution in [0.2, 0.25) is 0 Å². The Morgan fingerprint density at radius 1 is 1.43 bits per heavy atom. The first-order valence-electron chi connectivity index (χ1n) is 6.62. The number of nitrogens with one attached hydrogen (secondary N) is 1. The first kappa shape index (κ1) is 15.9. The van der Waals surface area contributed by atoms with Crippen molar-refractivity contribution in [2.24, 2.45) is 0 Å². The molecule has 1 aromatic heterocycles. The van der Waals surface area contributed by atoms with Crippen molar-refractivity contribution in [1.82, 2.24) is 15.1 Å². The van der Waals surface area contributed by atoms with Crippen molar-refractivity contribution in [3.05, 3.63) is 35.8 Å². The maximum Gasteiger partial charge on any atom is 0.243 e. The van der Waals surface area contributed by atoms with Crippen molar-refractivity contribution in [2.75, 3.05) is 24.7 Å². The zero-order chi connectivity index (χ0) is 15.1. The molecule has 0 aliphatic rings. The molecule has 0 saturated heterocycles. The number of carbonyl (C=O) groups excluding carboxylic acids is 1. The van der Waals surface area contributed by atoms with Gasteiger partial charge >= 0.3 is 0 Å². The van der Waals surface area contributed by atoms with E-state index in [1.807, 2.05) is 37.1 Å². The average Bonchev–Trinajstić information content (AvgIpc) is 3.00. The van der Waals surface area contributed by atoms with E-state index in [9.17, 15) is 4.79 Å². The van der Waals surface area contributed by atoms with Gasteiger partial charge in [-0.1, -0.05) is 29.5 Å². The monoisotopic (exact) mass is 322 g/mol. The molecule has 0 saturated carbocycles. The van der Waals surface area contributed by atoms with Crippen LogP contribution in [0.25, 0.3) is 0 Å². The Labute approximate surface area is 132 Å². The van der Waals surface area contributed by atoms with Gasteiger partial charge in [-0.2, -0.15) is 0 Å². The summed E-state index contributed by atoms with van der Waals surface area (Å²) in [7, 11) is 1.95. The highest BCUT2D eigenvalue weighted by Crippen LogP contribution is 2.17. The van der Waals surface area contributed by atoms with Crippen molar-refractivity contribution in [3.8, 4) is 0 Å². The number of thioether (sulfide) groups is 1. The van der Waals surface area contributed by atoms with Crippen LogP contribution in [0, 0.1) is 0 Å². The Balaban J connectivity index is 1.74. The average molecular weight is 322 g/mol. The number of benzene rings is 1. The van der Waals surface area contributed by atoms with Gasteiger partial charge in [0.2, 0.25) is 11.0 Å². The van der Waals surface area contributed by atoms with Crippen molar-refractivity contribution in [1.29, 1.82) is 0 Å². The minimum absolute atomic E-state index is 0.0565. The highest BCUT2D eigenvalue weighted by atomic mass is 32.2. The molecule has 1 amide bonds. The summed E-state index contributed by atoms with van der Waals surface area (Å²) in [4.78, 5) is 15.3. The van der Waals surface area contributed by atoms with Gasteiger partial charge < -0.3 is 0 Å². The quantitative estimate of drug-likeness (QED) is 0.794. The Bertz CT molecular complexity index is 547. The molecule has 21 heavy (non-hydrogen) atoms. The molecular weight excluding hydrogens is 304 g/mol. The Morgan fingerprint density at radius 3 is 2.86 bits per heavy atom. The lowest BCUT2D eigenvalue weighted by molar-refractivity contribution is -0.120. The predicted molar refractivity (Wildman–Crippen MR) is 87.8 cm³/mol. The molecule has 1 N–H and O–H groups in total. The lowest BCUT2D eigenvalue weighted by Crippen LogP contribution is -2.40. The van der Waals surface area contributed by atoms with E-state index >= 15 is 0 Å². The molecule has 0 fully saturated rings. The maximum absolute atomic E-state index is 12.1. The summed E-state index contributed by atoms with van der Waals surface area (Å²) < 4.78 is 0. The Kier molecular flexibility index (Phi) is 6.16. The van der Waals surface area contributed by atoms with Crippen LogP contribution < -0.4 is 5.32 Å². The smallest absolute Gasteiger partial charge is 0.243 e. The molecule has 0 radical (unpaired) electrons. The van der Waals surface area contributed by atoms with E-state index in [2.05, 4.69) is 27.6 Å². The van der Waals surface area contributed by atoms with Crippen molar-refractivity contribution >= 4 is 34.1 Å². The number of aromatic nitrogens is 2. The largest absolute Gasteiger partial charge is 0.299 e. The first-order valence-corrected chi connectivity index (χ1v) is 8.48. The fraction of sp³-hybridized carbons (Fsp3) is 0.357. The molecule has 2 rings (SSSR count). The molecular formula is C14H18N4OS2. The summed E-state index contributed by atoms with van der Waals surface area (Å²) in [6, 6.07) is 10.1. The third-order valence-corrected chi connectivity index (χ3v) is 4.69. The van der Waals surface area contributed by atoms with Crippen LogP contribution in [0.5, 0.6) is 0 Å². The number of carbonyl (C=O) groups is 1. The number of rotatable bonds is 7. The molecule has 0 bridgehead atoms. The second-order valence-electron chi connectivity index (χ2n) is 4.55. The standard InChI is InChI=1S/C14H18N4OS2/c1-11(13(19)16-14-17-15-10-21-14)18(2)8-9-20-12-6-4-3-5-7-12/h3-7,10-11H,8-9H2,1-2H3,(H,16,17,19)/t11-/m0/s1. The van der Waals surface area contributed by atoms with Crippen LogP contribution in [-0.2, 0) is 4.79 Å². The van der Waals surface area contributed by atoms with E-state index in [-0.39, 0.29) is 11.9 Å². The number of amides is 1. The van der Waals surface area contributed by atoms with Crippen LogP contribution in [-0.4, -0.2) is 46.4 Å². The van der Waals surface area contributed by atoms with Crippen LogP contribution in [0.4, 0.5) is 5.13 Å². The Morgan fingerprint density at radius 2 is 2.19 bits per heavy atom. The third-order valence-electron chi connectivity index (χ3n) is 3.09. The molecule has 0 aliphatic heterocycles. The second kappa shape index (κ2) is 8.11. The molecule has 1 atom stereocenters. The number of hydrogen-bond donors (Lipinski definition) is 1. The van der Waals surface area contributed by atoms with Gasteiger partial charge in [-0.3, -0.25) is 15.0 Å². The Hall–Kier alpha value is -1.44. The van der Waals surface area contributed by atoms with Gasteiger partial charge in [0.05, 0.1) is 6.04 Å². The summed E-state index contributed by atoms with van der Waals surface area (Å²) in [5.74, 6) is 0.885. The summed E-state index contributed by atoms with van der Waals surface area (Å²) in [5, 5.41) is 10.8. The molecule has 0 spiro atoms. The zero-order valence-electron chi connectivity index (χ0n) is 12.0. The van der Waals surface area contributed by atoms with Gasteiger partial charge in [0.15, 0.2) is 0 Å². The fourth-order valence-corrected chi connectivity index (χ4v) is 3.07. The van der Waals surface area contributed by atoms with Gasteiger partial charge in [0.1, 0.15) is 5.51 Å². The molecule has 2 aromatic rings. The van der Waals surface area contributed by atoms with E-state index in [0.717, 1.165) is 12.3 Å².